The first-order valence-electron chi connectivity index (χ1n) is 5.44. The van der Waals surface area contributed by atoms with Gasteiger partial charge < -0.3 is 16.4 Å². The molecule has 0 unspecified atom stereocenters. The molecule has 2 amide bonds. The van der Waals surface area contributed by atoms with Gasteiger partial charge in [-0.05, 0) is 17.7 Å². The predicted molar refractivity (Wildman–Crippen MR) is 70.4 cm³/mol. The predicted octanol–water partition coefficient (Wildman–Crippen LogP) is 1.09. The lowest BCUT2D eigenvalue weighted by Crippen LogP contribution is -2.28. The highest BCUT2D eigenvalue weighted by Gasteiger charge is 2.05. The van der Waals surface area contributed by atoms with Gasteiger partial charge in [0.05, 0.1) is 0 Å². The second kappa shape index (κ2) is 7.05. The van der Waals surface area contributed by atoms with Crippen LogP contribution in [0.15, 0.2) is 35.5 Å². The SMILES string of the molecule is N#CC(C#N)=C(C#N)Nc1ccc(CNC(N)=O)cc1. The number of nitrogens with zero attached hydrogens (tertiary/aromatic N) is 3. The Bertz CT molecular complexity index is 638. The van der Waals surface area contributed by atoms with Crippen LogP contribution in [-0.2, 0) is 6.54 Å². The van der Waals surface area contributed by atoms with Crippen molar-refractivity contribution in [3.63, 3.8) is 0 Å². The molecule has 98 valence electrons. The molecule has 0 heterocycles. The zero-order valence-corrected chi connectivity index (χ0v) is 10.3. The fourth-order valence-corrected chi connectivity index (χ4v) is 1.32. The molecule has 0 saturated carbocycles. The normalized spacial score (nSPS) is 8.45. The van der Waals surface area contributed by atoms with E-state index in [0.717, 1.165) is 5.56 Å². The molecule has 1 rings (SSSR count). The maximum absolute atomic E-state index is 10.6. The molecular formula is C13H10N6O. The second-order valence-electron chi connectivity index (χ2n) is 3.63. The lowest BCUT2D eigenvalue weighted by atomic mass is 10.2. The maximum Gasteiger partial charge on any atom is 0.312 e. The maximum atomic E-state index is 10.6. The molecule has 4 N–H and O–H groups in total. The van der Waals surface area contributed by atoms with Crippen LogP contribution in [0.25, 0.3) is 0 Å². The van der Waals surface area contributed by atoms with Crippen molar-refractivity contribution in [1.82, 2.24) is 5.32 Å². The molecule has 0 saturated heterocycles. The number of nitriles is 3. The molecule has 0 fully saturated rings. The first-order chi connectivity index (χ1) is 9.60. The van der Waals surface area contributed by atoms with E-state index >= 15 is 0 Å². The summed E-state index contributed by atoms with van der Waals surface area (Å²) in [4.78, 5) is 10.6. The van der Waals surface area contributed by atoms with Gasteiger partial charge in [0.25, 0.3) is 0 Å². The zero-order chi connectivity index (χ0) is 15.0. The Balaban J connectivity index is 2.83. The molecule has 7 heteroatoms. The Morgan fingerprint density at radius 3 is 2.15 bits per heavy atom. The highest BCUT2D eigenvalue weighted by atomic mass is 16.2. The van der Waals surface area contributed by atoms with Crippen molar-refractivity contribution in [3.8, 4) is 18.2 Å². The first kappa shape index (κ1) is 14.6. The van der Waals surface area contributed by atoms with Gasteiger partial charge >= 0.3 is 6.03 Å². The molecule has 0 bridgehead atoms. The third-order valence-electron chi connectivity index (χ3n) is 2.28. The minimum absolute atomic E-state index is 0.113. The van der Waals surface area contributed by atoms with Gasteiger partial charge in [-0.1, -0.05) is 12.1 Å². The second-order valence-corrected chi connectivity index (χ2v) is 3.63. The van der Waals surface area contributed by atoms with Crippen molar-refractivity contribution in [1.29, 1.82) is 15.8 Å². The Morgan fingerprint density at radius 2 is 1.70 bits per heavy atom. The molecule has 0 aliphatic carbocycles. The molecular weight excluding hydrogens is 256 g/mol. The van der Waals surface area contributed by atoms with E-state index in [1.807, 2.05) is 0 Å². The number of allylic oxidation sites excluding steroid dienone is 2. The Morgan fingerprint density at radius 1 is 1.10 bits per heavy atom. The van der Waals surface area contributed by atoms with Gasteiger partial charge in [0, 0.05) is 12.2 Å². The van der Waals surface area contributed by atoms with E-state index in [1.165, 1.54) is 0 Å². The molecule has 7 nitrogen and oxygen atoms in total. The minimum atomic E-state index is -0.616. The fraction of sp³-hybridized carbons (Fsp3) is 0.0769. The lowest BCUT2D eigenvalue weighted by molar-refractivity contribution is 0.248. The summed E-state index contributed by atoms with van der Waals surface area (Å²) in [6.45, 7) is 0.290. The monoisotopic (exact) mass is 266 g/mol. The Kier molecular flexibility index (Phi) is 5.13. The number of hydrogen-bond acceptors (Lipinski definition) is 5. The van der Waals surface area contributed by atoms with Crippen LogP contribution >= 0.6 is 0 Å². The molecule has 0 spiro atoms. The summed E-state index contributed by atoms with van der Waals surface area (Å²) < 4.78 is 0. The molecule has 0 aromatic heterocycles. The number of amides is 2. The van der Waals surface area contributed by atoms with Gasteiger partial charge in [-0.25, -0.2) is 4.79 Å². The van der Waals surface area contributed by atoms with Crippen LogP contribution in [0, 0.1) is 34.0 Å². The number of nitrogens with one attached hydrogen (secondary N) is 2. The van der Waals surface area contributed by atoms with Gasteiger partial charge in [-0.2, -0.15) is 15.8 Å². The van der Waals surface area contributed by atoms with Crippen LogP contribution in [-0.4, -0.2) is 6.03 Å². The van der Waals surface area contributed by atoms with E-state index in [4.69, 9.17) is 21.5 Å². The van der Waals surface area contributed by atoms with Crippen molar-refractivity contribution in [2.75, 3.05) is 5.32 Å². The fourth-order valence-electron chi connectivity index (χ4n) is 1.32. The average Bonchev–Trinajstić information content (AvgIpc) is 2.46. The van der Waals surface area contributed by atoms with Crippen LogP contribution in [0.4, 0.5) is 10.5 Å². The van der Waals surface area contributed by atoms with E-state index in [0.29, 0.717) is 5.69 Å². The van der Waals surface area contributed by atoms with Crippen LogP contribution in [0.3, 0.4) is 0 Å². The first-order valence-corrected chi connectivity index (χ1v) is 5.44. The highest BCUT2D eigenvalue weighted by molar-refractivity contribution is 5.71. The summed E-state index contributed by atoms with van der Waals surface area (Å²) in [6, 6.07) is 11.2. The molecule has 0 atom stereocenters. The van der Waals surface area contributed by atoms with Crippen molar-refractivity contribution in [2.45, 2.75) is 6.54 Å². The topological polar surface area (TPSA) is 139 Å². The molecule has 20 heavy (non-hydrogen) atoms. The smallest absolute Gasteiger partial charge is 0.312 e. The largest absolute Gasteiger partial charge is 0.352 e. The molecule has 0 radical (unpaired) electrons. The molecule has 0 aliphatic heterocycles. The average molecular weight is 266 g/mol. The number of nitrogens with two attached hydrogens (primary N) is 1. The van der Waals surface area contributed by atoms with Crippen molar-refractivity contribution >= 4 is 11.7 Å². The van der Waals surface area contributed by atoms with Crippen LogP contribution in [0.1, 0.15) is 5.56 Å². The van der Waals surface area contributed by atoms with Crippen LogP contribution in [0.2, 0.25) is 0 Å². The van der Waals surface area contributed by atoms with Crippen molar-refractivity contribution < 1.29 is 4.79 Å². The number of hydrogen-bond donors (Lipinski definition) is 3. The Hall–Kier alpha value is -3.50. The molecule has 1 aromatic rings. The summed E-state index contributed by atoms with van der Waals surface area (Å²) in [5, 5.41) is 31.4. The number of carbonyl (C=O) groups is 1. The van der Waals surface area contributed by atoms with E-state index in [2.05, 4.69) is 10.6 Å². The summed E-state index contributed by atoms with van der Waals surface area (Å²) in [7, 11) is 0. The van der Waals surface area contributed by atoms with Crippen LogP contribution < -0.4 is 16.4 Å². The number of urea groups is 1. The van der Waals surface area contributed by atoms with Gasteiger partial charge in [-0.3, -0.25) is 0 Å². The van der Waals surface area contributed by atoms with Gasteiger partial charge in [0.15, 0.2) is 5.57 Å². The standard InChI is InChI=1S/C13H10N6O/c14-5-10(6-15)12(7-16)19-11-3-1-9(2-4-11)8-18-13(17)20/h1-4,19H,8H2,(H3,17,18,20). The number of rotatable bonds is 4. The lowest BCUT2D eigenvalue weighted by Gasteiger charge is -2.06. The molecule has 0 aliphatic rings. The van der Waals surface area contributed by atoms with E-state index in [1.54, 1.807) is 42.5 Å². The van der Waals surface area contributed by atoms with E-state index in [-0.39, 0.29) is 17.8 Å². The number of benzene rings is 1. The van der Waals surface area contributed by atoms with Gasteiger partial charge in [-0.15, -0.1) is 0 Å². The minimum Gasteiger partial charge on any atom is -0.352 e. The van der Waals surface area contributed by atoms with E-state index < -0.39 is 6.03 Å². The quantitative estimate of drug-likeness (QED) is 0.700. The van der Waals surface area contributed by atoms with Crippen molar-refractivity contribution in [2.24, 2.45) is 5.73 Å². The van der Waals surface area contributed by atoms with Gasteiger partial charge in [0.1, 0.15) is 23.9 Å². The third kappa shape index (κ3) is 4.06. The zero-order valence-electron chi connectivity index (χ0n) is 10.3. The summed E-state index contributed by atoms with van der Waals surface area (Å²) in [5.74, 6) is 0. The van der Waals surface area contributed by atoms with E-state index in [9.17, 15) is 4.79 Å². The number of anilines is 1. The Labute approximate surface area is 115 Å². The third-order valence-corrected chi connectivity index (χ3v) is 2.28. The van der Waals surface area contributed by atoms with Crippen LogP contribution in [0.5, 0.6) is 0 Å². The highest BCUT2D eigenvalue weighted by Crippen LogP contribution is 2.13. The number of primary amides is 1. The number of carbonyl (C=O) groups excluding carboxylic acids is 1. The summed E-state index contributed by atoms with van der Waals surface area (Å²) >= 11 is 0. The molecule has 1 aromatic carbocycles. The van der Waals surface area contributed by atoms with Gasteiger partial charge in [0.2, 0.25) is 0 Å². The summed E-state index contributed by atoms with van der Waals surface area (Å²) in [5.41, 5.74) is 5.92. The van der Waals surface area contributed by atoms with Crippen molar-refractivity contribution in [3.05, 3.63) is 41.1 Å². The summed E-state index contributed by atoms with van der Waals surface area (Å²) in [6.07, 6.45) is 0.